The molecular formula is C29H36N6O5. The first-order chi connectivity index (χ1) is 19.0. The number of likely N-dealkylation sites (N-methyl/N-ethyl adjacent to an activating group) is 1. The van der Waals surface area contributed by atoms with E-state index >= 15 is 0 Å². The summed E-state index contributed by atoms with van der Waals surface area (Å²) >= 11 is 0. The number of H-pyrrole nitrogens is 1. The van der Waals surface area contributed by atoms with Crippen LogP contribution in [0, 0.1) is 5.92 Å². The summed E-state index contributed by atoms with van der Waals surface area (Å²) in [6.07, 6.45) is 8.00. The van der Waals surface area contributed by atoms with Crippen molar-refractivity contribution in [2.45, 2.75) is 33.2 Å². The fourth-order valence-corrected chi connectivity index (χ4v) is 4.14. The quantitative estimate of drug-likeness (QED) is 0.312. The number of amides is 3. The Bertz CT molecular complexity index is 1500. The number of pyridine rings is 2. The number of fused-ring (bicyclic) bond motifs is 1. The molecule has 0 saturated heterocycles. The van der Waals surface area contributed by atoms with E-state index in [9.17, 15) is 24.3 Å². The van der Waals surface area contributed by atoms with Crippen molar-refractivity contribution in [3.8, 4) is 0 Å². The largest absolute Gasteiger partial charge is 0.465 e. The number of rotatable bonds is 11. The first-order valence-electron chi connectivity index (χ1n) is 12.9. The van der Waals surface area contributed by atoms with Crippen LogP contribution < -0.4 is 10.9 Å². The van der Waals surface area contributed by atoms with Crippen molar-refractivity contribution in [3.63, 3.8) is 0 Å². The van der Waals surface area contributed by atoms with E-state index in [1.165, 1.54) is 28.7 Å². The first-order valence-corrected chi connectivity index (χ1v) is 12.9. The molecule has 3 N–H and O–H groups in total. The Hall–Kier alpha value is -4.67. The maximum Gasteiger partial charge on any atom is 0.407 e. The zero-order valence-electron chi connectivity index (χ0n) is 23.5. The average molecular weight is 549 g/mol. The Kier molecular flexibility index (Phi) is 10.0. The van der Waals surface area contributed by atoms with Gasteiger partial charge in [0.2, 0.25) is 11.8 Å². The maximum atomic E-state index is 13.2. The van der Waals surface area contributed by atoms with E-state index in [4.69, 9.17) is 0 Å². The minimum absolute atomic E-state index is 0.0618. The number of allylic oxidation sites excluding steroid dienone is 2. The van der Waals surface area contributed by atoms with Gasteiger partial charge in [-0.1, -0.05) is 17.7 Å². The molecule has 0 spiro atoms. The third kappa shape index (κ3) is 7.92. The lowest BCUT2D eigenvalue weighted by Gasteiger charge is -2.21. The smallest absolute Gasteiger partial charge is 0.407 e. The topological polar surface area (TPSA) is 141 Å². The highest BCUT2D eigenvalue weighted by Crippen LogP contribution is 2.20. The first kappa shape index (κ1) is 29.9. The Morgan fingerprint density at radius 3 is 2.62 bits per heavy atom. The van der Waals surface area contributed by atoms with Crippen LogP contribution in [0.15, 0.2) is 59.2 Å². The van der Waals surface area contributed by atoms with E-state index in [1.807, 2.05) is 26.0 Å². The highest BCUT2D eigenvalue weighted by atomic mass is 16.4. The molecule has 40 heavy (non-hydrogen) atoms. The highest BCUT2D eigenvalue weighted by molar-refractivity contribution is 5.93. The fourth-order valence-electron chi connectivity index (χ4n) is 4.14. The number of carbonyl (C=O) groups excluding carboxylic acids is 2. The van der Waals surface area contributed by atoms with E-state index in [-0.39, 0.29) is 31.1 Å². The summed E-state index contributed by atoms with van der Waals surface area (Å²) in [5.41, 5.74) is 4.29. The molecule has 3 amide bonds. The van der Waals surface area contributed by atoms with Crippen molar-refractivity contribution < 1.29 is 19.5 Å². The highest BCUT2D eigenvalue weighted by Gasteiger charge is 2.23. The van der Waals surface area contributed by atoms with Gasteiger partial charge in [-0.3, -0.25) is 19.4 Å². The van der Waals surface area contributed by atoms with Gasteiger partial charge in [-0.2, -0.15) is 0 Å². The molecule has 0 bridgehead atoms. The Morgan fingerprint density at radius 2 is 1.95 bits per heavy atom. The van der Waals surface area contributed by atoms with Crippen LogP contribution in [0.4, 0.5) is 10.5 Å². The number of hydrogen-bond donors (Lipinski definition) is 3. The number of anilines is 1. The molecule has 1 atom stereocenters. The Labute approximate surface area is 232 Å². The zero-order chi connectivity index (χ0) is 29.4. The number of hydrogen-bond acceptors (Lipinski definition) is 5. The van der Waals surface area contributed by atoms with Gasteiger partial charge in [0.05, 0.1) is 23.5 Å². The molecule has 0 aliphatic rings. The number of nitrogens with zero attached hydrogens (tertiary/aromatic N) is 4. The summed E-state index contributed by atoms with van der Waals surface area (Å²) < 4.78 is 1.48. The fraction of sp³-hybridized carbons (Fsp3) is 0.345. The SMILES string of the molecule is CC(C)=Cc1ccnc2cc(Cn3cccc(NC(=O)[C@@H](CC/C=C/C(=O)N(C)C)CN(C)C(=O)O)c3=O)[nH]c12. The molecule has 0 aliphatic heterocycles. The molecule has 0 aliphatic carbocycles. The lowest BCUT2D eigenvalue weighted by atomic mass is 10.0. The van der Waals surface area contributed by atoms with Crippen LogP contribution in [0.1, 0.15) is 37.9 Å². The summed E-state index contributed by atoms with van der Waals surface area (Å²) in [4.78, 5) is 59.8. The molecule has 11 nitrogen and oxygen atoms in total. The summed E-state index contributed by atoms with van der Waals surface area (Å²) in [6.45, 7) is 4.21. The molecule has 3 heterocycles. The molecule has 212 valence electrons. The molecule has 3 rings (SSSR count). The third-order valence-electron chi connectivity index (χ3n) is 6.25. The van der Waals surface area contributed by atoms with E-state index in [0.29, 0.717) is 6.42 Å². The van der Waals surface area contributed by atoms with Crippen LogP contribution in [0.5, 0.6) is 0 Å². The second kappa shape index (κ2) is 13.4. The number of carbonyl (C=O) groups is 3. The summed E-state index contributed by atoms with van der Waals surface area (Å²) in [7, 11) is 4.64. The van der Waals surface area contributed by atoms with E-state index in [2.05, 4.69) is 21.4 Å². The molecule has 0 unspecified atom stereocenters. The Morgan fingerprint density at radius 1 is 1.20 bits per heavy atom. The standard InChI is InChI=1S/C29H36N6O5/c1-19(2)15-20-12-13-30-24-16-22(31-26(20)24)18-35-14-8-10-23(28(35)38)32-27(37)21(17-34(5)29(39)40)9-6-7-11-25(36)33(3)4/h7-8,10-16,21,31H,6,9,17-18H2,1-5H3,(H,32,37)(H,39,40)/b11-7+/t21-/m0/s1. The molecule has 0 radical (unpaired) electrons. The van der Waals surface area contributed by atoms with Crippen molar-refractivity contribution in [3.05, 3.63) is 76.0 Å². The second-order valence-corrected chi connectivity index (χ2v) is 10.1. The molecule has 11 heteroatoms. The van der Waals surface area contributed by atoms with Gasteiger partial charge in [0.1, 0.15) is 5.69 Å². The van der Waals surface area contributed by atoms with E-state index in [0.717, 1.165) is 32.8 Å². The molecule has 3 aromatic heterocycles. The summed E-state index contributed by atoms with van der Waals surface area (Å²) in [5, 5.41) is 12.0. The van der Waals surface area contributed by atoms with Crippen molar-refractivity contribution >= 4 is 40.7 Å². The normalized spacial score (nSPS) is 11.8. The lowest BCUT2D eigenvalue weighted by molar-refractivity contribution is -0.123. The van der Waals surface area contributed by atoms with Gasteiger partial charge in [0.25, 0.3) is 5.56 Å². The van der Waals surface area contributed by atoms with Crippen molar-refractivity contribution in [1.82, 2.24) is 24.3 Å². The predicted octanol–water partition coefficient (Wildman–Crippen LogP) is 3.79. The van der Waals surface area contributed by atoms with Crippen molar-refractivity contribution in [1.29, 1.82) is 0 Å². The van der Waals surface area contributed by atoms with Gasteiger partial charge in [-0.25, -0.2) is 4.79 Å². The summed E-state index contributed by atoms with van der Waals surface area (Å²) in [5.74, 6) is -1.40. The van der Waals surface area contributed by atoms with Gasteiger partial charge in [-0.05, 0) is 57.0 Å². The van der Waals surface area contributed by atoms with Crippen LogP contribution >= 0.6 is 0 Å². The number of carboxylic acid groups (broad SMARTS) is 1. The zero-order valence-corrected chi connectivity index (χ0v) is 23.5. The average Bonchev–Trinajstić information content (AvgIpc) is 3.31. The van der Waals surface area contributed by atoms with Gasteiger partial charge < -0.3 is 29.8 Å². The summed E-state index contributed by atoms with van der Waals surface area (Å²) in [6, 6.07) is 7.00. The minimum atomic E-state index is -1.17. The third-order valence-corrected chi connectivity index (χ3v) is 6.25. The molecular weight excluding hydrogens is 512 g/mol. The lowest BCUT2D eigenvalue weighted by Crippen LogP contribution is -2.37. The number of nitrogens with one attached hydrogen (secondary N) is 2. The Balaban J connectivity index is 1.78. The van der Waals surface area contributed by atoms with Crippen LogP contribution in [0.3, 0.4) is 0 Å². The predicted molar refractivity (Wildman–Crippen MR) is 155 cm³/mol. The van der Waals surface area contributed by atoms with Crippen molar-refractivity contribution in [2.24, 2.45) is 5.92 Å². The van der Waals surface area contributed by atoms with Crippen LogP contribution in [0.25, 0.3) is 17.1 Å². The molecule has 3 aromatic rings. The number of aromatic nitrogens is 3. The van der Waals surface area contributed by atoms with E-state index < -0.39 is 23.5 Å². The number of aromatic amines is 1. The van der Waals surface area contributed by atoms with Gasteiger partial charge in [0.15, 0.2) is 0 Å². The van der Waals surface area contributed by atoms with Crippen LogP contribution in [-0.2, 0) is 16.1 Å². The van der Waals surface area contributed by atoms with Crippen molar-refractivity contribution in [2.75, 3.05) is 33.0 Å². The molecule has 0 saturated carbocycles. The van der Waals surface area contributed by atoms with E-state index in [1.54, 1.807) is 38.6 Å². The van der Waals surface area contributed by atoms with Gasteiger partial charge in [-0.15, -0.1) is 0 Å². The van der Waals surface area contributed by atoms with Gasteiger partial charge in [0, 0.05) is 51.3 Å². The maximum absolute atomic E-state index is 13.2. The minimum Gasteiger partial charge on any atom is -0.465 e. The van der Waals surface area contributed by atoms with Crippen LogP contribution in [-0.4, -0.2) is 75.0 Å². The van der Waals surface area contributed by atoms with Crippen LogP contribution in [0.2, 0.25) is 0 Å². The monoisotopic (exact) mass is 548 g/mol. The molecule has 0 fully saturated rings. The molecule has 0 aromatic carbocycles. The second-order valence-electron chi connectivity index (χ2n) is 10.1. The van der Waals surface area contributed by atoms with Gasteiger partial charge >= 0.3 is 6.09 Å².